The first kappa shape index (κ1) is 13.5. The minimum absolute atomic E-state index is 0.0423. The van der Waals surface area contributed by atoms with Crippen LogP contribution in [-0.2, 0) is 16.6 Å². The summed E-state index contributed by atoms with van der Waals surface area (Å²) < 4.78 is 21.4. The summed E-state index contributed by atoms with van der Waals surface area (Å²) in [5.74, 6) is 0.836. The molecular weight excluding hydrogens is 248 g/mol. The third kappa shape index (κ3) is 4.76. The molecule has 0 radical (unpaired) electrons. The van der Waals surface area contributed by atoms with Gasteiger partial charge in [-0.15, -0.1) is 0 Å². The molecule has 1 fully saturated rings. The van der Waals surface area contributed by atoms with Gasteiger partial charge in [-0.05, 0) is 42.9 Å². The third-order valence-electron chi connectivity index (χ3n) is 3.14. The summed E-state index contributed by atoms with van der Waals surface area (Å²) in [7, 11) is -3.32. The molecule has 0 bridgehead atoms. The first-order valence-electron chi connectivity index (χ1n) is 6.34. The number of rotatable bonds is 7. The summed E-state index contributed by atoms with van der Waals surface area (Å²) in [4.78, 5) is 0. The lowest BCUT2D eigenvalue weighted by Gasteiger charge is -2.05. The van der Waals surface area contributed by atoms with Gasteiger partial charge in [-0.3, -0.25) is 0 Å². The summed E-state index contributed by atoms with van der Waals surface area (Å²) in [6, 6.07) is 8.67. The molecule has 0 amide bonds. The van der Waals surface area contributed by atoms with E-state index in [1.165, 1.54) is 24.0 Å². The Labute approximate surface area is 109 Å². The molecule has 0 unspecified atom stereocenters. The van der Waals surface area contributed by atoms with Crippen molar-refractivity contribution >= 4 is 10.0 Å². The standard InChI is InChI=1S/C13H20N2O2S/c14-18(16,17)9-1-8-15-10-11-2-4-12(5-3-11)13-6-7-13/h2-5,13,15H,1,6-10H2,(H2,14,16,17). The quantitative estimate of drug-likeness (QED) is 0.733. The summed E-state index contributed by atoms with van der Waals surface area (Å²) in [5.41, 5.74) is 2.67. The van der Waals surface area contributed by atoms with Crippen LogP contribution in [0.5, 0.6) is 0 Å². The van der Waals surface area contributed by atoms with Gasteiger partial charge in [-0.1, -0.05) is 24.3 Å². The molecule has 2 rings (SSSR count). The van der Waals surface area contributed by atoms with Crippen LogP contribution >= 0.6 is 0 Å². The molecule has 0 atom stereocenters. The van der Waals surface area contributed by atoms with Crippen LogP contribution in [0.4, 0.5) is 0 Å². The second kappa shape index (κ2) is 5.82. The fraction of sp³-hybridized carbons (Fsp3) is 0.538. The molecule has 0 saturated heterocycles. The van der Waals surface area contributed by atoms with Crippen LogP contribution in [0.15, 0.2) is 24.3 Å². The van der Waals surface area contributed by atoms with Gasteiger partial charge in [0.25, 0.3) is 0 Å². The number of hydrogen-bond donors (Lipinski definition) is 2. The van der Waals surface area contributed by atoms with E-state index in [0.717, 1.165) is 12.5 Å². The topological polar surface area (TPSA) is 72.2 Å². The average molecular weight is 268 g/mol. The molecule has 0 spiro atoms. The molecule has 18 heavy (non-hydrogen) atoms. The van der Waals surface area contributed by atoms with Gasteiger partial charge in [-0.2, -0.15) is 0 Å². The lowest BCUT2D eigenvalue weighted by molar-refractivity contribution is 0.590. The Bertz CT molecular complexity index is 478. The van der Waals surface area contributed by atoms with Crippen LogP contribution < -0.4 is 10.5 Å². The van der Waals surface area contributed by atoms with Crippen LogP contribution in [0.25, 0.3) is 0 Å². The van der Waals surface area contributed by atoms with Crippen LogP contribution in [0.3, 0.4) is 0 Å². The van der Waals surface area contributed by atoms with Crippen molar-refractivity contribution in [1.82, 2.24) is 5.32 Å². The van der Waals surface area contributed by atoms with Crippen molar-refractivity contribution in [2.24, 2.45) is 5.14 Å². The lowest BCUT2D eigenvalue weighted by atomic mass is 10.1. The predicted molar refractivity (Wildman–Crippen MR) is 72.7 cm³/mol. The molecule has 5 heteroatoms. The number of nitrogens with two attached hydrogens (primary N) is 1. The molecule has 0 aliphatic heterocycles. The van der Waals surface area contributed by atoms with Gasteiger partial charge in [0.05, 0.1) is 5.75 Å². The molecule has 3 N–H and O–H groups in total. The van der Waals surface area contributed by atoms with Crippen LogP contribution in [0.1, 0.15) is 36.3 Å². The van der Waals surface area contributed by atoms with Gasteiger partial charge >= 0.3 is 0 Å². The SMILES string of the molecule is NS(=O)(=O)CCCNCc1ccc(C2CC2)cc1. The predicted octanol–water partition coefficient (Wildman–Crippen LogP) is 1.33. The zero-order valence-corrected chi connectivity index (χ0v) is 11.2. The third-order valence-corrected chi connectivity index (χ3v) is 4.00. The number of nitrogens with one attached hydrogen (secondary N) is 1. The molecule has 1 aliphatic carbocycles. The number of hydrogen-bond acceptors (Lipinski definition) is 3. The van der Waals surface area contributed by atoms with Crippen LogP contribution in [-0.4, -0.2) is 20.7 Å². The normalized spacial score (nSPS) is 15.8. The van der Waals surface area contributed by atoms with Gasteiger partial charge in [-0.25, -0.2) is 13.6 Å². The van der Waals surface area contributed by atoms with E-state index < -0.39 is 10.0 Å². The highest BCUT2D eigenvalue weighted by Crippen LogP contribution is 2.39. The maximum Gasteiger partial charge on any atom is 0.209 e. The molecule has 1 aromatic carbocycles. The first-order valence-corrected chi connectivity index (χ1v) is 8.06. The van der Waals surface area contributed by atoms with Crippen molar-refractivity contribution < 1.29 is 8.42 Å². The highest BCUT2D eigenvalue weighted by atomic mass is 32.2. The van der Waals surface area contributed by atoms with E-state index in [4.69, 9.17) is 5.14 Å². The molecule has 100 valence electrons. The molecular formula is C13H20N2O2S. The monoisotopic (exact) mass is 268 g/mol. The summed E-state index contributed by atoms with van der Waals surface area (Å²) in [6.07, 6.45) is 3.20. The van der Waals surface area contributed by atoms with Crippen LogP contribution in [0.2, 0.25) is 0 Å². The Hall–Kier alpha value is -0.910. The summed E-state index contributed by atoms with van der Waals surface area (Å²) >= 11 is 0. The lowest BCUT2D eigenvalue weighted by Crippen LogP contribution is -2.22. The number of benzene rings is 1. The van der Waals surface area contributed by atoms with E-state index in [2.05, 4.69) is 29.6 Å². The van der Waals surface area contributed by atoms with E-state index in [-0.39, 0.29) is 5.75 Å². The van der Waals surface area contributed by atoms with Crippen molar-refractivity contribution in [3.8, 4) is 0 Å². The Kier molecular flexibility index (Phi) is 4.37. The Morgan fingerprint density at radius 2 is 1.89 bits per heavy atom. The van der Waals surface area contributed by atoms with Crippen molar-refractivity contribution in [1.29, 1.82) is 0 Å². The molecule has 1 aliphatic rings. The molecule has 0 aromatic heterocycles. The second-order valence-electron chi connectivity index (χ2n) is 4.91. The first-order chi connectivity index (χ1) is 8.54. The maximum atomic E-state index is 10.7. The Morgan fingerprint density at radius 3 is 2.44 bits per heavy atom. The molecule has 4 nitrogen and oxygen atoms in total. The Balaban J connectivity index is 1.67. The van der Waals surface area contributed by atoms with E-state index in [9.17, 15) is 8.42 Å². The van der Waals surface area contributed by atoms with Gasteiger partial charge in [0.2, 0.25) is 10.0 Å². The minimum Gasteiger partial charge on any atom is -0.313 e. The number of sulfonamides is 1. The molecule has 0 heterocycles. The Morgan fingerprint density at radius 1 is 1.22 bits per heavy atom. The van der Waals surface area contributed by atoms with E-state index in [1.807, 2.05) is 0 Å². The zero-order valence-electron chi connectivity index (χ0n) is 10.4. The van der Waals surface area contributed by atoms with E-state index in [1.54, 1.807) is 0 Å². The van der Waals surface area contributed by atoms with Crippen LogP contribution in [0, 0.1) is 0 Å². The smallest absolute Gasteiger partial charge is 0.209 e. The summed E-state index contributed by atoms with van der Waals surface area (Å²) in [6.45, 7) is 1.44. The molecule has 1 saturated carbocycles. The minimum atomic E-state index is -3.32. The fourth-order valence-corrected chi connectivity index (χ4v) is 2.50. The van der Waals surface area contributed by atoms with Gasteiger partial charge in [0, 0.05) is 6.54 Å². The van der Waals surface area contributed by atoms with Crippen molar-refractivity contribution in [3.63, 3.8) is 0 Å². The van der Waals surface area contributed by atoms with Crippen molar-refractivity contribution in [2.45, 2.75) is 31.7 Å². The highest BCUT2D eigenvalue weighted by molar-refractivity contribution is 7.89. The maximum absolute atomic E-state index is 10.7. The number of primary sulfonamides is 1. The van der Waals surface area contributed by atoms with Gasteiger partial charge < -0.3 is 5.32 Å². The van der Waals surface area contributed by atoms with E-state index in [0.29, 0.717) is 13.0 Å². The summed E-state index contributed by atoms with van der Waals surface area (Å²) in [5, 5.41) is 8.14. The highest BCUT2D eigenvalue weighted by Gasteiger charge is 2.22. The molecule has 1 aromatic rings. The van der Waals surface area contributed by atoms with Gasteiger partial charge in [0.1, 0.15) is 0 Å². The largest absolute Gasteiger partial charge is 0.313 e. The van der Waals surface area contributed by atoms with E-state index >= 15 is 0 Å². The van der Waals surface area contributed by atoms with Gasteiger partial charge in [0.15, 0.2) is 0 Å². The van der Waals surface area contributed by atoms with Crippen molar-refractivity contribution in [3.05, 3.63) is 35.4 Å². The fourth-order valence-electron chi connectivity index (χ4n) is 1.96. The van der Waals surface area contributed by atoms with Crippen molar-refractivity contribution in [2.75, 3.05) is 12.3 Å². The second-order valence-corrected chi connectivity index (χ2v) is 6.65. The zero-order chi connectivity index (χ0) is 13.0. The average Bonchev–Trinajstić information content (AvgIpc) is 3.12.